The van der Waals surface area contributed by atoms with Crippen LogP contribution in [0, 0.1) is 11.7 Å². The molecule has 1 rings (SSSR count). The van der Waals surface area contributed by atoms with Gasteiger partial charge in [-0.05, 0) is 18.1 Å². The van der Waals surface area contributed by atoms with E-state index in [4.69, 9.17) is 0 Å². The summed E-state index contributed by atoms with van der Waals surface area (Å²) in [6.45, 7) is 3.81. The molecule has 7 heteroatoms. The van der Waals surface area contributed by atoms with Crippen molar-refractivity contribution in [3.63, 3.8) is 0 Å². The van der Waals surface area contributed by atoms with Crippen molar-refractivity contribution in [2.45, 2.75) is 24.9 Å². The molecule has 4 nitrogen and oxygen atoms in total. The number of hydrogen-bond acceptors (Lipinski definition) is 3. The van der Waals surface area contributed by atoms with Crippen molar-refractivity contribution in [1.29, 1.82) is 0 Å². The summed E-state index contributed by atoms with van der Waals surface area (Å²) in [5, 5.41) is -0.546. The van der Waals surface area contributed by atoms with E-state index in [9.17, 15) is 12.8 Å². The molecule has 0 fully saturated rings. The van der Waals surface area contributed by atoms with Crippen molar-refractivity contribution in [2.75, 3.05) is 4.43 Å². The van der Waals surface area contributed by atoms with Crippen molar-refractivity contribution >= 4 is 32.6 Å². The molecule has 1 aromatic rings. The zero-order chi connectivity index (χ0) is 13.1. The number of rotatable bonds is 5. The lowest BCUT2D eigenvalue weighted by molar-refractivity contribution is 0.479. The van der Waals surface area contributed by atoms with Crippen molar-refractivity contribution in [2.24, 2.45) is 5.92 Å². The highest BCUT2D eigenvalue weighted by Gasteiger charge is 2.25. The summed E-state index contributed by atoms with van der Waals surface area (Å²) in [5.41, 5.74) is 0. The Morgan fingerprint density at radius 3 is 2.65 bits per heavy atom. The highest BCUT2D eigenvalue weighted by atomic mass is 127. The van der Waals surface area contributed by atoms with Gasteiger partial charge in [0.2, 0.25) is 5.03 Å². The molecule has 0 aliphatic rings. The molecular formula is C10H14FIN2O2S. The minimum absolute atomic E-state index is 0.133. The predicted molar refractivity (Wildman–Crippen MR) is 72.0 cm³/mol. The smallest absolute Gasteiger partial charge is 0.241 e. The molecule has 0 spiro atoms. The lowest BCUT2D eigenvalue weighted by Crippen LogP contribution is -2.40. The maximum atomic E-state index is 13.4. The fraction of sp³-hybridized carbons (Fsp3) is 0.500. The third-order valence-electron chi connectivity index (χ3n) is 2.26. The number of aromatic nitrogens is 1. The largest absolute Gasteiger partial charge is 0.261 e. The summed E-state index contributed by atoms with van der Waals surface area (Å²) in [7, 11) is -3.89. The molecule has 1 heterocycles. The molecule has 0 radical (unpaired) electrons. The van der Waals surface area contributed by atoms with Crippen LogP contribution in [0.5, 0.6) is 0 Å². The van der Waals surface area contributed by atoms with Crippen LogP contribution in [0.25, 0.3) is 0 Å². The van der Waals surface area contributed by atoms with Gasteiger partial charge in [-0.1, -0.05) is 36.4 Å². The van der Waals surface area contributed by atoms with Gasteiger partial charge in [-0.2, -0.15) is 0 Å². The van der Waals surface area contributed by atoms with Gasteiger partial charge in [-0.3, -0.25) is 0 Å². The summed E-state index contributed by atoms with van der Waals surface area (Å²) in [6, 6.07) is 2.20. The second kappa shape index (κ2) is 6.05. The van der Waals surface area contributed by atoms with Gasteiger partial charge < -0.3 is 0 Å². The maximum absolute atomic E-state index is 13.4. The Kier molecular flexibility index (Phi) is 5.26. The molecule has 1 atom stereocenters. The molecular weight excluding hydrogens is 358 g/mol. The Hall–Kier alpha value is -0.280. The molecule has 0 saturated heterocycles. The Labute approximate surface area is 114 Å². The van der Waals surface area contributed by atoms with E-state index in [1.165, 1.54) is 12.3 Å². The first-order chi connectivity index (χ1) is 7.88. The molecule has 96 valence electrons. The van der Waals surface area contributed by atoms with Gasteiger partial charge in [0.15, 0.2) is 5.82 Å². The van der Waals surface area contributed by atoms with Crippen molar-refractivity contribution in [1.82, 2.24) is 9.71 Å². The standard InChI is InChI=1S/C10H14FIN2O2S/c1-7(2)9(6-12)14-17(15,16)10-8(11)4-3-5-13-10/h3-5,7,9,14H,6H2,1-2H3. The van der Waals surface area contributed by atoms with E-state index >= 15 is 0 Å². The lowest BCUT2D eigenvalue weighted by atomic mass is 10.1. The lowest BCUT2D eigenvalue weighted by Gasteiger charge is -2.19. The maximum Gasteiger partial charge on any atom is 0.261 e. The number of nitrogens with zero attached hydrogens (tertiary/aromatic N) is 1. The molecule has 0 saturated carbocycles. The van der Waals surface area contributed by atoms with Crippen LogP contribution < -0.4 is 4.72 Å². The second-order valence-electron chi connectivity index (χ2n) is 3.92. The van der Waals surface area contributed by atoms with E-state index in [0.717, 1.165) is 6.07 Å². The highest BCUT2D eigenvalue weighted by Crippen LogP contribution is 2.13. The number of halogens is 2. The third kappa shape index (κ3) is 3.85. The third-order valence-corrected chi connectivity index (χ3v) is 4.63. The van der Waals surface area contributed by atoms with Crippen LogP contribution in [0.4, 0.5) is 4.39 Å². The predicted octanol–water partition coefficient (Wildman–Crippen LogP) is 1.96. The molecule has 0 aliphatic carbocycles. The summed E-state index contributed by atoms with van der Waals surface area (Å²) < 4.78 is 40.3. The van der Waals surface area contributed by atoms with Crippen LogP contribution >= 0.6 is 22.6 Å². The zero-order valence-electron chi connectivity index (χ0n) is 9.52. The van der Waals surface area contributed by atoms with Gasteiger partial charge >= 0.3 is 0 Å². The number of nitrogens with one attached hydrogen (secondary N) is 1. The average Bonchev–Trinajstić information content (AvgIpc) is 2.26. The van der Waals surface area contributed by atoms with E-state index in [2.05, 4.69) is 32.3 Å². The summed E-state index contributed by atoms with van der Waals surface area (Å²) in [5.74, 6) is -0.704. The van der Waals surface area contributed by atoms with Gasteiger partial charge in [0, 0.05) is 16.7 Å². The molecule has 1 unspecified atom stereocenters. The molecule has 17 heavy (non-hydrogen) atoms. The zero-order valence-corrected chi connectivity index (χ0v) is 12.5. The first-order valence-corrected chi connectivity index (χ1v) is 8.08. The molecule has 0 aliphatic heterocycles. The second-order valence-corrected chi connectivity index (χ2v) is 6.43. The number of pyridine rings is 1. The van der Waals surface area contributed by atoms with Crippen LogP contribution in [0.1, 0.15) is 13.8 Å². The van der Waals surface area contributed by atoms with E-state index < -0.39 is 20.9 Å². The fourth-order valence-electron chi connectivity index (χ4n) is 1.17. The monoisotopic (exact) mass is 372 g/mol. The van der Waals surface area contributed by atoms with Gasteiger partial charge in [0.05, 0.1) is 0 Å². The van der Waals surface area contributed by atoms with Crippen LogP contribution in [0.2, 0.25) is 0 Å². The van der Waals surface area contributed by atoms with E-state index in [1.807, 2.05) is 13.8 Å². The summed E-state index contributed by atoms with van der Waals surface area (Å²) in [4.78, 5) is 3.57. The fourth-order valence-corrected chi connectivity index (χ4v) is 4.10. The minimum atomic E-state index is -3.89. The molecule has 1 N–H and O–H groups in total. The Morgan fingerprint density at radius 2 is 2.18 bits per heavy atom. The van der Waals surface area contributed by atoms with Crippen LogP contribution in [0.15, 0.2) is 23.4 Å². The number of alkyl halides is 1. The van der Waals surface area contributed by atoms with Gasteiger partial charge in [0.25, 0.3) is 10.0 Å². The van der Waals surface area contributed by atoms with E-state index in [-0.39, 0.29) is 12.0 Å². The molecule has 0 bridgehead atoms. The number of sulfonamides is 1. The quantitative estimate of drug-likeness (QED) is 0.635. The van der Waals surface area contributed by atoms with Crippen molar-refractivity contribution in [3.05, 3.63) is 24.1 Å². The normalized spacial score (nSPS) is 13.9. The average molecular weight is 372 g/mol. The Morgan fingerprint density at radius 1 is 1.53 bits per heavy atom. The minimum Gasteiger partial charge on any atom is -0.241 e. The van der Waals surface area contributed by atoms with E-state index in [1.54, 1.807) is 0 Å². The van der Waals surface area contributed by atoms with Gasteiger partial charge in [0.1, 0.15) is 0 Å². The number of hydrogen-bond donors (Lipinski definition) is 1. The molecule has 0 amide bonds. The van der Waals surface area contributed by atoms with Gasteiger partial charge in [-0.15, -0.1) is 0 Å². The van der Waals surface area contributed by atoms with Crippen LogP contribution in [0.3, 0.4) is 0 Å². The van der Waals surface area contributed by atoms with Gasteiger partial charge in [-0.25, -0.2) is 22.5 Å². The van der Waals surface area contributed by atoms with Crippen molar-refractivity contribution in [3.8, 4) is 0 Å². The SMILES string of the molecule is CC(C)C(CI)NS(=O)(=O)c1ncccc1F. The first-order valence-electron chi connectivity index (χ1n) is 5.07. The van der Waals surface area contributed by atoms with E-state index in [0.29, 0.717) is 4.43 Å². The van der Waals surface area contributed by atoms with Crippen molar-refractivity contribution < 1.29 is 12.8 Å². The van der Waals surface area contributed by atoms with Crippen LogP contribution in [-0.2, 0) is 10.0 Å². The topological polar surface area (TPSA) is 59.1 Å². The molecule has 1 aromatic heterocycles. The Balaban J connectivity index is 3.01. The summed E-state index contributed by atoms with van der Waals surface area (Å²) in [6.07, 6.45) is 1.26. The summed E-state index contributed by atoms with van der Waals surface area (Å²) >= 11 is 2.09. The Bertz CT molecular complexity index is 479. The molecule has 0 aromatic carbocycles. The van der Waals surface area contributed by atoms with Crippen LogP contribution in [-0.4, -0.2) is 23.9 Å². The highest BCUT2D eigenvalue weighted by molar-refractivity contribution is 14.1. The first kappa shape index (κ1) is 14.8.